The standard InChI is InChI=1S/C26H29N5O2/c1-4-31(5-2)15-16-33-22-13-11-21(12-14-22)28-26-27-18-20-17-23(19-9-7-6-8-10-19)25(32)30(3)24(20)29-26/h6-14,17-18H,4-5,15-16H2,1-3H3,(H,27,28,29). The summed E-state index contributed by atoms with van der Waals surface area (Å²) in [6.07, 6.45) is 1.74. The van der Waals surface area contributed by atoms with Crippen molar-refractivity contribution in [3.8, 4) is 16.9 Å². The molecule has 0 atom stereocenters. The van der Waals surface area contributed by atoms with Crippen molar-refractivity contribution in [3.05, 3.63) is 77.2 Å². The minimum atomic E-state index is -0.0930. The molecule has 0 unspecified atom stereocenters. The Kier molecular flexibility index (Phi) is 7.00. The molecule has 0 saturated carbocycles. The zero-order chi connectivity index (χ0) is 23.2. The Morgan fingerprint density at radius 3 is 2.45 bits per heavy atom. The number of hydrogen-bond donors (Lipinski definition) is 1. The highest BCUT2D eigenvalue weighted by molar-refractivity contribution is 5.81. The van der Waals surface area contributed by atoms with E-state index in [-0.39, 0.29) is 5.56 Å². The smallest absolute Gasteiger partial charge is 0.259 e. The van der Waals surface area contributed by atoms with Crippen LogP contribution < -0.4 is 15.6 Å². The monoisotopic (exact) mass is 443 g/mol. The number of ether oxygens (including phenoxy) is 1. The summed E-state index contributed by atoms with van der Waals surface area (Å²) in [5.41, 5.74) is 2.84. The molecule has 4 rings (SSSR count). The van der Waals surface area contributed by atoms with Crippen LogP contribution in [0.2, 0.25) is 0 Å². The Hall–Kier alpha value is -3.71. The summed E-state index contributed by atoms with van der Waals surface area (Å²) in [5, 5.41) is 4.01. The number of benzene rings is 2. The van der Waals surface area contributed by atoms with Gasteiger partial charge in [-0.2, -0.15) is 4.98 Å². The number of nitrogens with one attached hydrogen (secondary N) is 1. The number of nitrogens with zero attached hydrogens (tertiary/aromatic N) is 4. The molecule has 170 valence electrons. The number of rotatable bonds is 9. The van der Waals surface area contributed by atoms with Gasteiger partial charge in [0.15, 0.2) is 0 Å². The molecule has 0 aliphatic carbocycles. The predicted molar refractivity (Wildman–Crippen MR) is 133 cm³/mol. The topological polar surface area (TPSA) is 72.3 Å². The van der Waals surface area contributed by atoms with Crippen molar-refractivity contribution in [2.24, 2.45) is 7.05 Å². The Labute approximate surface area is 193 Å². The molecule has 0 fully saturated rings. The summed E-state index contributed by atoms with van der Waals surface area (Å²) in [7, 11) is 1.73. The molecule has 7 heteroatoms. The molecule has 2 aromatic carbocycles. The first-order valence-corrected chi connectivity index (χ1v) is 11.2. The van der Waals surface area contributed by atoms with Gasteiger partial charge in [-0.25, -0.2) is 4.98 Å². The van der Waals surface area contributed by atoms with Gasteiger partial charge < -0.3 is 15.0 Å². The first-order valence-electron chi connectivity index (χ1n) is 11.2. The van der Waals surface area contributed by atoms with E-state index in [4.69, 9.17) is 4.74 Å². The molecule has 2 aromatic heterocycles. The van der Waals surface area contributed by atoms with E-state index < -0.39 is 0 Å². The first kappa shape index (κ1) is 22.5. The lowest BCUT2D eigenvalue weighted by Crippen LogP contribution is -2.27. The van der Waals surface area contributed by atoms with Crippen molar-refractivity contribution < 1.29 is 4.74 Å². The van der Waals surface area contributed by atoms with Gasteiger partial charge in [-0.05, 0) is 49.0 Å². The predicted octanol–water partition coefficient (Wildman–Crippen LogP) is 4.46. The lowest BCUT2D eigenvalue weighted by Gasteiger charge is -2.18. The summed E-state index contributed by atoms with van der Waals surface area (Å²) >= 11 is 0. The minimum Gasteiger partial charge on any atom is -0.492 e. The number of fused-ring (bicyclic) bond motifs is 1. The second kappa shape index (κ2) is 10.3. The number of aromatic nitrogens is 3. The van der Waals surface area contributed by atoms with Gasteiger partial charge in [0.2, 0.25) is 5.95 Å². The SMILES string of the molecule is CCN(CC)CCOc1ccc(Nc2ncc3cc(-c4ccccc4)c(=O)n(C)c3n2)cc1. The maximum Gasteiger partial charge on any atom is 0.259 e. The zero-order valence-corrected chi connectivity index (χ0v) is 19.3. The lowest BCUT2D eigenvalue weighted by molar-refractivity contribution is 0.223. The average molecular weight is 444 g/mol. The summed E-state index contributed by atoms with van der Waals surface area (Å²) in [5.74, 6) is 1.25. The van der Waals surface area contributed by atoms with Crippen LogP contribution >= 0.6 is 0 Å². The molecule has 0 amide bonds. The quantitative estimate of drug-likeness (QED) is 0.412. The van der Waals surface area contributed by atoms with Crippen LogP contribution in [0.4, 0.5) is 11.6 Å². The van der Waals surface area contributed by atoms with Crippen LogP contribution in [-0.4, -0.2) is 45.7 Å². The van der Waals surface area contributed by atoms with E-state index >= 15 is 0 Å². The van der Waals surface area contributed by atoms with E-state index in [0.29, 0.717) is 23.8 Å². The molecule has 2 heterocycles. The van der Waals surface area contributed by atoms with Crippen LogP contribution in [-0.2, 0) is 7.05 Å². The van der Waals surface area contributed by atoms with E-state index in [9.17, 15) is 4.79 Å². The number of pyridine rings is 1. The first-order chi connectivity index (χ1) is 16.1. The van der Waals surface area contributed by atoms with Crippen molar-refractivity contribution in [3.63, 3.8) is 0 Å². The van der Waals surface area contributed by atoms with Crippen LogP contribution in [0, 0.1) is 0 Å². The van der Waals surface area contributed by atoms with Gasteiger partial charge in [0.05, 0.1) is 0 Å². The van der Waals surface area contributed by atoms with Gasteiger partial charge in [0.1, 0.15) is 18.0 Å². The molecule has 0 aliphatic heterocycles. The lowest BCUT2D eigenvalue weighted by atomic mass is 10.1. The fourth-order valence-corrected chi connectivity index (χ4v) is 3.73. The highest BCUT2D eigenvalue weighted by Gasteiger charge is 2.11. The molecule has 0 saturated heterocycles. The van der Waals surface area contributed by atoms with E-state index in [1.807, 2.05) is 60.7 Å². The number of aryl methyl sites for hydroxylation is 1. The normalized spacial score (nSPS) is 11.2. The van der Waals surface area contributed by atoms with Crippen LogP contribution in [0.5, 0.6) is 5.75 Å². The molecule has 0 spiro atoms. The summed E-state index contributed by atoms with van der Waals surface area (Å²) in [6, 6.07) is 19.2. The minimum absolute atomic E-state index is 0.0930. The fraction of sp³-hybridized carbons (Fsp3) is 0.269. The zero-order valence-electron chi connectivity index (χ0n) is 19.3. The van der Waals surface area contributed by atoms with Gasteiger partial charge in [-0.3, -0.25) is 9.36 Å². The van der Waals surface area contributed by atoms with Crippen molar-refractivity contribution in [2.45, 2.75) is 13.8 Å². The molecule has 0 bridgehead atoms. The van der Waals surface area contributed by atoms with E-state index in [1.165, 1.54) is 0 Å². The Balaban J connectivity index is 1.49. The highest BCUT2D eigenvalue weighted by Crippen LogP contribution is 2.22. The molecule has 33 heavy (non-hydrogen) atoms. The largest absolute Gasteiger partial charge is 0.492 e. The highest BCUT2D eigenvalue weighted by atomic mass is 16.5. The van der Waals surface area contributed by atoms with Crippen molar-refractivity contribution in [1.29, 1.82) is 0 Å². The molecular weight excluding hydrogens is 414 g/mol. The second-order valence-corrected chi connectivity index (χ2v) is 7.79. The fourth-order valence-electron chi connectivity index (χ4n) is 3.73. The Bertz CT molecular complexity index is 1270. The van der Waals surface area contributed by atoms with Crippen molar-refractivity contribution >= 4 is 22.7 Å². The maximum atomic E-state index is 12.9. The molecular formula is C26H29N5O2. The van der Waals surface area contributed by atoms with E-state index in [2.05, 4.69) is 34.0 Å². The maximum absolute atomic E-state index is 12.9. The molecule has 0 aliphatic rings. The van der Waals surface area contributed by atoms with Crippen LogP contribution in [0.15, 0.2) is 71.7 Å². The van der Waals surface area contributed by atoms with Gasteiger partial charge >= 0.3 is 0 Å². The second-order valence-electron chi connectivity index (χ2n) is 7.79. The van der Waals surface area contributed by atoms with Gasteiger partial charge in [0, 0.05) is 36.4 Å². The molecule has 7 nitrogen and oxygen atoms in total. The van der Waals surface area contributed by atoms with E-state index in [1.54, 1.807) is 17.8 Å². The Morgan fingerprint density at radius 1 is 1.03 bits per heavy atom. The molecule has 0 radical (unpaired) electrons. The number of anilines is 2. The van der Waals surface area contributed by atoms with Gasteiger partial charge in [-0.1, -0.05) is 44.2 Å². The van der Waals surface area contributed by atoms with E-state index in [0.717, 1.165) is 42.0 Å². The average Bonchev–Trinajstić information content (AvgIpc) is 2.86. The van der Waals surface area contributed by atoms with Crippen LogP contribution in [0.1, 0.15) is 13.8 Å². The summed E-state index contributed by atoms with van der Waals surface area (Å²) < 4.78 is 7.41. The summed E-state index contributed by atoms with van der Waals surface area (Å²) in [4.78, 5) is 24.3. The number of likely N-dealkylation sites (N-methyl/N-ethyl adjacent to an activating group) is 1. The van der Waals surface area contributed by atoms with Crippen molar-refractivity contribution in [2.75, 3.05) is 31.6 Å². The summed E-state index contributed by atoms with van der Waals surface area (Å²) in [6.45, 7) is 7.91. The molecule has 1 N–H and O–H groups in total. The Morgan fingerprint density at radius 2 is 1.76 bits per heavy atom. The third kappa shape index (κ3) is 5.21. The van der Waals surface area contributed by atoms with Crippen LogP contribution in [0.25, 0.3) is 22.2 Å². The van der Waals surface area contributed by atoms with Gasteiger partial charge in [0.25, 0.3) is 5.56 Å². The van der Waals surface area contributed by atoms with Gasteiger partial charge in [-0.15, -0.1) is 0 Å². The molecule has 4 aromatic rings. The third-order valence-electron chi connectivity index (χ3n) is 5.71. The van der Waals surface area contributed by atoms with Crippen molar-refractivity contribution in [1.82, 2.24) is 19.4 Å². The number of hydrogen-bond acceptors (Lipinski definition) is 6. The van der Waals surface area contributed by atoms with Crippen LogP contribution in [0.3, 0.4) is 0 Å². The third-order valence-corrected chi connectivity index (χ3v) is 5.71.